The minimum atomic E-state index is -1.92. The van der Waals surface area contributed by atoms with Crippen molar-refractivity contribution < 1.29 is 9.16 Å². The smallest absolute Gasteiger partial charge is 0.218 e. The van der Waals surface area contributed by atoms with Gasteiger partial charge in [-0.15, -0.1) is 0 Å². The quantitative estimate of drug-likeness (QED) is 0.331. The summed E-state index contributed by atoms with van der Waals surface area (Å²) in [6, 6.07) is 8.91. The molecule has 150 valence electrons. The van der Waals surface area contributed by atoms with E-state index in [2.05, 4.69) is 78.9 Å². The Morgan fingerprint density at radius 3 is 1.92 bits per heavy atom. The van der Waals surface area contributed by atoms with Gasteiger partial charge in [0.2, 0.25) is 8.32 Å². The molecule has 0 saturated carbocycles. The van der Waals surface area contributed by atoms with Crippen molar-refractivity contribution in [3.8, 4) is 0 Å². The summed E-state index contributed by atoms with van der Waals surface area (Å²) < 4.78 is 12.8. The number of hydrogen-bond acceptors (Lipinski definition) is 2. The van der Waals surface area contributed by atoms with E-state index in [-0.39, 0.29) is 5.41 Å². The Morgan fingerprint density at radius 2 is 1.46 bits per heavy atom. The molecule has 0 fully saturated rings. The van der Waals surface area contributed by atoms with E-state index in [4.69, 9.17) is 9.16 Å². The molecule has 26 heavy (non-hydrogen) atoms. The Balaban J connectivity index is 2.95. The summed E-state index contributed by atoms with van der Waals surface area (Å²) in [6.07, 6.45) is 3.39. The molecular weight excluding hydrogens is 336 g/mol. The van der Waals surface area contributed by atoms with Crippen LogP contribution in [0, 0.1) is 24.2 Å². The Kier molecular flexibility index (Phi) is 9.56. The maximum absolute atomic E-state index is 6.71. The monoisotopic (exact) mass is 378 g/mol. The summed E-state index contributed by atoms with van der Waals surface area (Å²) in [7, 11) is -1.92. The van der Waals surface area contributed by atoms with Crippen LogP contribution < -0.4 is 5.19 Å². The highest BCUT2D eigenvalue weighted by Gasteiger charge is 2.36. The fourth-order valence-corrected chi connectivity index (χ4v) is 5.70. The Hall–Kier alpha value is -0.643. The predicted molar refractivity (Wildman–Crippen MR) is 117 cm³/mol. The van der Waals surface area contributed by atoms with Gasteiger partial charge in [-0.05, 0) is 56.3 Å². The second kappa shape index (κ2) is 10.6. The molecule has 0 aliphatic carbocycles. The zero-order valence-corrected chi connectivity index (χ0v) is 19.5. The fraction of sp³-hybridized carbons (Fsp3) is 0.739. The molecule has 0 unspecified atom stereocenters. The molecule has 0 bridgehead atoms. The van der Waals surface area contributed by atoms with Gasteiger partial charge < -0.3 is 9.16 Å². The van der Waals surface area contributed by atoms with E-state index in [1.165, 1.54) is 10.8 Å². The molecule has 0 saturated heterocycles. The topological polar surface area (TPSA) is 18.5 Å². The van der Waals surface area contributed by atoms with Gasteiger partial charge in [0.05, 0.1) is 6.61 Å². The second-order valence-corrected chi connectivity index (χ2v) is 13.3. The van der Waals surface area contributed by atoms with Gasteiger partial charge in [0.1, 0.15) is 0 Å². The summed E-state index contributed by atoms with van der Waals surface area (Å²) in [5, 5.41) is 1.38. The maximum atomic E-state index is 6.71. The number of benzene rings is 1. The van der Waals surface area contributed by atoms with Gasteiger partial charge >= 0.3 is 0 Å². The maximum Gasteiger partial charge on any atom is 0.218 e. The molecule has 0 aromatic heterocycles. The molecule has 2 nitrogen and oxygen atoms in total. The first-order valence-electron chi connectivity index (χ1n) is 10.4. The van der Waals surface area contributed by atoms with E-state index in [1.807, 2.05) is 0 Å². The van der Waals surface area contributed by atoms with E-state index < -0.39 is 8.32 Å². The van der Waals surface area contributed by atoms with Crippen LogP contribution in [0.2, 0.25) is 13.1 Å². The summed E-state index contributed by atoms with van der Waals surface area (Å²) >= 11 is 0. The van der Waals surface area contributed by atoms with E-state index in [0.717, 1.165) is 39.1 Å². The third-order valence-corrected chi connectivity index (χ3v) is 7.51. The van der Waals surface area contributed by atoms with Crippen molar-refractivity contribution in [1.29, 1.82) is 0 Å². The van der Waals surface area contributed by atoms with Gasteiger partial charge in [0, 0.05) is 18.6 Å². The van der Waals surface area contributed by atoms with E-state index >= 15 is 0 Å². The van der Waals surface area contributed by atoms with Crippen LogP contribution in [0.4, 0.5) is 0 Å². The van der Waals surface area contributed by atoms with Crippen LogP contribution in [-0.4, -0.2) is 28.1 Å². The standard InChI is InChI=1S/C23H42O2Si/c1-9-14-24-17-23(15-19(2)3,16-20(4)5)18-25-26(7,8)22-12-10-21(6)11-13-22/h10-13,19-20H,9,14-18H2,1-8H3. The van der Waals surface area contributed by atoms with Crippen LogP contribution in [0.1, 0.15) is 59.4 Å². The van der Waals surface area contributed by atoms with E-state index in [0.29, 0.717) is 11.8 Å². The van der Waals surface area contributed by atoms with Crippen LogP contribution in [0.5, 0.6) is 0 Å². The van der Waals surface area contributed by atoms with E-state index in [9.17, 15) is 0 Å². The largest absolute Gasteiger partial charge is 0.412 e. The average molecular weight is 379 g/mol. The lowest BCUT2D eigenvalue weighted by Gasteiger charge is -2.39. The molecule has 0 aliphatic rings. The summed E-state index contributed by atoms with van der Waals surface area (Å²) in [4.78, 5) is 0. The Labute approximate surface area is 163 Å². The third-order valence-electron chi connectivity index (χ3n) is 4.93. The molecule has 1 aromatic rings. The highest BCUT2D eigenvalue weighted by atomic mass is 28.4. The minimum Gasteiger partial charge on any atom is -0.412 e. The van der Waals surface area contributed by atoms with E-state index in [1.54, 1.807) is 0 Å². The van der Waals surface area contributed by atoms with Crippen molar-refractivity contribution in [1.82, 2.24) is 0 Å². The zero-order chi connectivity index (χ0) is 19.8. The van der Waals surface area contributed by atoms with Crippen LogP contribution in [-0.2, 0) is 9.16 Å². The SMILES string of the molecule is CCCOCC(CO[Si](C)(C)c1ccc(C)cc1)(CC(C)C)CC(C)C. The Morgan fingerprint density at radius 1 is 0.923 bits per heavy atom. The van der Waals surface area contributed by atoms with Crippen molar-refractivity contribution >= 4 is 13.5 Å². The van der Waals surface area contributed by atoms with Gasteiger partial charge in [-0.2, -0.15) is 0 Å². The third kappa shape index (κ3) is 7.94. The first-order chi connectivity index (χ1) is 12.1. The molecule has 0 amide bonds. The summed E-state index contributed by atoms with van der Waals surface area (Å²) in [5.41, 5.74) is 1.42. The molecule has 0 atom stereocenters. The zero-order valence-electron chi connectivity index (χ0n) is 18.5. The molecule has 0 radical (unpaired) electrons. The lowest BCUT2D eigenvalue weighted by Crippen LogP contribution is -2.48. The van der Waals surface area contributed by atoms with Gasteiger partial charge in [-0.1, -0.05) is 64.4 Å². The van der Waals surface area contributed by atoms with Crippen molar-refractivity contribution in [3.05, 3.63) is 29.8 Å². The van der Waals surface area contributed by atoms with Crippen LogP contribution in [0.3, 0.4) is 0 Å². The predicted octanol–water partition coefficient (Wildman–Crippen LogP) is 5.93. The van der Waals surface area contributed by atoms with Crippen molar-refractivity contribution in [2.24, 2.45) is 17.3 Å². The van der Waals surface area contributed by atoms with Crippen molar-refractivity contribution in [3.63, 3.8) is 0 Å². The lowest BCUT2D eigenvalue weighted by atomic mass is 9.75. The first kappa shape index (κ1) is 23.4. The summed E-state index contributed by atoms with van der Waals surface area (Å²) in [6.45, 7) is 20.7. The molecule has 0 heterocycles. The second-order valence-electron chi connectivity index (χ2n) is 9.41. The highest BCUT2D eigenvalue weighted by molar-refractivity contribution is 6.84. The fourth-order valence-electron chi connectivity index (χ4n) is 3.90. The van der Waals surface area contributed by atoms with Gasteiger partial charge in [0.15, 0.2) is 0 Å². The van der Waals surface area contributed by atoms with Gasteiger partial charge in [-0.3, -0.25) is 0 Å². The molecule has 1 rings (SSSR count). The van der Waals surface area contributed by atoms with Crippen LogP contribution in [0.25, 0.3) is 0 Å². The van der Waals surface area contributed by atoms with Crippen molar-refractivity contribution in [2.45, 2.75) is 73.9 Å². The molecule has 0 spiro atoms. The van der Waals surface area contributed by atoms with Gasteiger partial charge in [0.25, 0.3) is 0 Å². The normalized spacial score (nSPS) is 13.0. The molecule has 0 N–H and O–H groups in total. The molecule has 1 aromatic carbocycles. The lowest BCUT2D eigenvalue weighted by molar-refractivity contribution is -0.0134. The highest BCUT2D eigenvalue weighted by Crippen LogP contribution is 2.35. The van der Waals surface area contributed by atoms with Crippen LogP contribution >= 0.6 is 0 Å². The van der Waals surface area contributed by atoms with Gasteiger partial charge in [-0.25, -0.2) is 0 Å². The average Bonchev–Trinajstić information content (AvgIpc) is 2.52. The molecule has 3 heteroatoms. The molecule has 0 aliphatic heterocycles. The number of hydrogen-bond donors (Lipinski definition) is 0. The number of rotatable bonds is 12. The first-order valence-corrected chi connectivity index (χ1v) is 13.3. The minimum absolute atomic E-state index is 0.118. The number of ether oxygens (including phenoxy) is 1. The molecular formula is C23H42O2Si. The summed E-state index contributed by atoms with van der Waals surface area (Å²) in [5.74, 6) is 1.29. The van der Waals surface area contributed by atoms with Crippen molar-refractivity contribution in [2.75, 3.05) is 19.8 Å². The Bertz CT molecular complexity index is 495. The number of aryl methyl sites for hydroxylation is 1. The van der Waals surface area contributed by atoms with Crippen LogP contribution in [0.15, 0.2) is 24.3 Å².